The third kappa shape index (κ3) is 4.22. The molecule has 0 aliphatic heterocycles. The fourth-order valence-corrected chi connectivity index (χ4v) is 2.69. The van der Waals surface area contributed by atoms with E-state index in [0.29, 0.717) is 5.92 Å². The smallest absolute Gasteiger partial charge is 0.309 e. The Bertz CT molecular complexity index is 727. The summed E-state index contributed by atoms with van der Waals surface area (Å²) in [4.78, 5) is 23.7. The van der Waals surface area contributed by atoms with E-state index >= 15 is 0 Å². The van der Waals surface area contributed by atoms with E-state index < -0.39 is 0 Å². The highest BCUT2D eigenvalue weighted by atomic mass is 16.5. The third-order valence-corrected chi connectivity index (χ3v) is 4.29. The van der Waals surface area contributed by atoms with Crippen molar-refractivity contribution in [2.75, 3.05) is 11.9 Å². The molecule has 0 spiro atoms. The van der Waals surface area contributed by atoms with Crippen LogP contribution in [-0.2, 0) is 20.7 Å². The lowest BCUT2D eigenvalue weighted by atomic mass is 10.0. The summed E-state index contributed by atoms with van der Waals surface area (Å²) in [7, 11) is 0. The van der Waals surface area contributed by atoms with Crippen LogP contribution in [0.25, 0.3) is 0 Å². The highest BCUT2D eigenvalue weighted by molar-refractivity contribution is 5.93. The average Bonchev–Trinajstić information content (AvgIpc) is 3.32. The van der Waals surface area contributed by atoms with E-state index in [1.165, 1.54) is 5.56 Å². The van der Waals surface area contributed by atoms with Gasteiger partial charge in [-0.2, -0.15) is 0 Å². The Morgan fingerprint density at radius 3 is 2.46 bits per heavy atom. The van der Waals surface area contributed by atoms with Gasteiger partial charge in [-0.1, -0.05) is 55.5 Å². The van der Waals surface area contributed by atoms with E-state index in [1.807, 2.05) is 49.4 Å². The summed E-state index contributed by atoms with van der Waals surface area (Å²) in [6, 6.07) is 17.7. The maximum absolute atomic E-state index is 12.1. The number of anilines is 1. The van der Waals surface area contributed by atoms with Crippen molar-refractivity contribution in [1.82, 2.24) is 0 Å². The van der Waals surface area contributed by atoms with Gasteiger partial charge in [0.2, 0.25) is 0 Å². The maximum atomic E-state index is 12.1. The second-order valence-electron chi connectivity index (χ2n) is 6.29. The predicted octanol–water partition coefficient (Wildman–Crippen LogP) is 3.42. The molecule has 1 amide bonds. The Balaban J connectivity index is 1.58. The monoisotopic (exact) mass is 323 g/mol. The molecule has 1 saturated carbocycles. The molecule has 0 unspecified atom stereocenters. The summed E-state index contributed by atoms with van der Waals surface area (Å²) < 4.78 is 5.08. The van der Waals surface area contributed by atoms with Gasteiger partial charge in [-0.25, -0.2) is 0 Å². The van der Waals surface area contributed by atoms with Crippen LogP contribution in [0.5, 0.6) is 0 Å². The normalized spacial score (nSPS) is 18.7. The van der Waals surface area contributed by atoms with Crippen LogP contribution in [0, 0.1) is 11.8 Å². The molecule has 2 aromatic rings. The van der Waals surface area contributed by atoms with Gasteiger partial charge in [0.25, 0.3) is 5.91 Å². The number of amides is 1. The van der Waals surface area contributed by atoms with Gasteiger partial charge in [0, 0.05) is 5.69 Å². The third-order valence-electron chi connectivity index (χ3n) is 4.29. The Hall–Kier alpha value is -2.62. The summed E-state index contributed by atoms with van der Waals surface area (Å²) in [6.07, 6.45) is 1.59. The zero-order valence-corrected chi connectivity index (χ0v) is 13.7. The molecule has 0 bridgehead atoms. The van der Waals surface area contributed by atoms with Gasteiger partial charge in [-0.15, -0.1) is 0 Å². The van der Waals surface area contributed by atoms with Gasteiger partial charge in [0.1, 0.15) is 0 Å². The minimum Gasteiger partial charge on any atom is -0.455 e. The minimum atomic E-state index is -0.308. The molecule has 1 N–H and O–H groups in total. The number of nitrogens with one attached hydrogen (secondary N) is 1. The molecule has 0 radical (unpaired) electrons. The SMILES string of the molecule is C[C@H]1C[C@@H]1C(=O)OCC(=O)Nc1ccccc1Cc1ccccc1. The lowest BCUT2D eigenvalue weighted by Crippen LogP contribution is -2.22. The molecule has 0 saturated heterocycles. The fraction of sp³-hybridized carbons (Fsp3) is 0.300. The molecule has 1 aliphatic carbocycles. The lowest BCUT2D eigenvalue weighted by molar-refractivity contribution is -0.148. The van der Waals surface area contributed by atoms with E-state index in [9.17, 15) is 9.59 Å². The standard InChI is InChI=1S/C20H21NO3/c1-14-11-17(14)20(23)24-13-19(22)21-18-10-6-5-9-16(18)12-15-7-3-2-4-8-15/h2-10,14,17H,11-13H2,1H3,(H,21,22)/t14-,17-/m0/s1. The molecular formula is C20H21NO3. The van der Waals surface area contributed by atoms with Crippen molar-refractivity contribution in [3.63, 3.8) is 0 Å². The van der Waals surface area contributed by atoms with Gasteiger partial charge in [0.15, 0.2) is 6.61 Å². The number of carbonyl (C=O) groups excluding carboxylic acids is 2. The summed E-state index contributed by atoms with van der Waals surface area (Å²) in [6.45, 7) is 1.77. The van der Waals surface area contributed by atoms with E-state index in [2.05, 4.69) is 17.4 Å². The summed E-state index contributed by atoms with van der Waals surface area (Å²) in [5.41, 5.74) is 2.95. The van der Waals surface area contributed by atoms with Crippen LogP contribution < -0.4 is 5.32 Å². The number of benzene rings is 2. The van der Waals surface area contributed by atoms with E-state index in [1.54, 1.807) is 0 Å². The Morgan fingerprint density at radius 2 is 1.75 bits per heavy atom. The second kappa shape index (κ2) is 7.30. The van der Waals surface area contributed by atoms with E-state index in [-0.39, 0.29) is 24.4 Å². The first kappa shape index (κ1) is 16.2. The number of para-hydroxylation sites is 1. The molecule has 4 nitrogen and oxygen atoms in total. The first-order valence-electron chi connectivity index (χ1n) is 8.22. The number of rotatable bonds is 6. The van der Waals surface area contributed by atoms with Crippen molar-refractivity contribution in [2.45, 2.75) is 19.8 Å². The van der Waals surface area contributed by atoms with Gasteiger partial charge in [-0.3, -0.25) is 9.59 Å². The Morgan fingerprint density at radius 1 is 1.08 bits per heavy atom. The molecule has 4 heteroatoms. The van der Waals surface area contributed by atoms with Crippen molar-refractivity contribution < 1.29 is 14.3 Å². The van der Waals surface area contributed by atoms with E-state index in [0.717, 1.165) is 24.1 Å². The zero-order chi connectivity index (χ0) is 16.9. The first-order valence-corrected chi connectivity index (χ1v) is 8.22. The minimum absolute atomic E-state index is 0.0248. The van der Waals surface area contributed by atoms with Crippen LogP contribution in [0.15, 0.2) is 54.6 Å². The number of hydrogen-bond acceptors (Lipinski definition) is 3. The van der Waals surface area contributed by atoms with Crippen LogP contribution in [0.3, 0.4) is 0 Å². The van der Waals surface area contributed by atoms with Crippen molar-refractivity contribution in [3.8, 4) is 0 Å². The topological polar surface area (TPSA) is 55.4 Å². The lowest BCUT2D eigenvalue weighted by Gasteiger charge is -2.11. The summed E-state index contributed by atoms with van der Waals surface area (Å²) >= 11 is 0. The predicted molar refractivity (Wildman–Crippen MR) is 92.5 cm³/mol. The Kier molecular flexibility index (Phi) is 4.94. The quantitative estimate of drug-likeness (QED) is 0.829. The van der Waals surface area contributed by atoms with Crippen molar-refractivity contribution in [2.24, 2.45) is 11.8 Å². The first-order chi connectivity index (χ1) is 11.6. The highest BCUT2D eigenvalue weighted by Gasteiger charge is 2.40. The number of carbonyl (C=O) groups is 2. The molecule has 3 rings (SSSR count). The second-order valence-corrected chi connectivity index (χ2v) is 6.29. The Labute approximate surface area is 141 Å². The van der Waals surface area contributed by atoms with Crippen molar-refractivity contribution in [1.29, 1.82) is 0 Å². The summed E-state index contributed by atoms with van der Waals surface area (Å²) in [5, 5.41) is 2.84. The molecule has 2 atom stereocenters. The van der Waals surface area contributed by atoms with Gasteiger partial charge in [-0.05, 0) is 36.0 Å². The van der Waals surface area contributed by atoms with Crippen LogP contribution in [-0.4, -0.2) is 18.5 Å². The van der Waals surface area contributed by atoms with Crippen LogP contribution in [0.2, 0.25) is 0 Å². The van der Waals surface area contributed by atoms with Crippen LogP contribution in [0.4, 0.5) is 5.69 Å². The number of hydrogen-bond donors (Lipinski definition) is 1. The van der Waals surface area contributed by atoms with E-state index in [4.69, 9.17) is 4.74 Å². The van der Waals surface area contributed by atoms with Gasteiger partial charge < -0.3 is 10.1 Å². The number of ether oxygens (including phenoxy) is 1. The fourth-order valence-electron chi connectivity index (χ4n) is 2.69. The average molecular weight is 323 g/mol. The molecule has 0 heterocycles. The molecule has 1 aliphatic rings. The molecule has 0 aromatic heterocycles. The largest absolute Gasteiger partial charge is 0.455 e. The molecular weight excluding hydrogens is 302 g/mol. The number of esters is 1. The maximum Gasteiger partial charge on any atom is 0.309 e. The van der Waals surface area contributed by atoms with Crippen molar-refractivity contribution >= 4 is 17.6 Å². The molecule has 1 fully saturated rings. The summed E-state index contributed by atoms with van der Waals surface area (Å²) in [5.74, 6) is -0.220. The molecule has 2 aromatic carbocycles. The van der Waals surface area contributed by atoms with Crippen LogP contribution in [0.1, 0.15) is 24.5 Å². The van der Waals surface area contributed by atoms with Crippen molar-refractivity contribution in [3.05, 3.63) is 65.7 Å². The van der Waals surface area contributed by atoms with Gasteiger partial charge in [0.05, 0.1) is 5.92 Å². The molecule has 24 heavy (non-hydrogen) atoms. The van der Waals surface area contributed by atoms with Gasteiger partial charge >= 0.3 is 5.97 Å². The zero-order valence-electron chi connectivity index (χ0n) is 13.7. The highest BCUT2D eigenvalue weighted by Crippen LogP contribution is 2.38. The van der Waals surface area contributed by atoms with Crippen LogP contribution >= 0.6 is 0 Å². The molecule has 124 valence electrons.